The molecule has 3 rings (SSSR count). The molecule has 0 spiro atoms. The summed E-state index contributed by atoms with van der Waals surface area (Å²) >= 11 is 0. The molecule has 0 aromatic heterocycles. The van der Waals surface area contributed by atoms with Gasteiger partial charge in [-0.3, -0.25) is 19.6 Å². The van der Waals surface area contributed by atoms with Crippen LogP contribution in [0.4, 0.5) is 5.69 Å². The van der Waals surface area contributed by atoms with E-state index in [1.54, 1.807) is 17.6 Å². The molecule has 1 fully saturated rings. The van der Waals surface area contributed by atoms with Crippen LogP contribution in [0.1, 0.15) is 48.0 Å². The van der Waals surface area contributed by atoms with Crippen molar-refractivity contribution in [3.63, 3.8) is 0 Å². The summed E-state index contributed by atoms with van der Waals surface area (Å²) < 4.78 is 0. The topological polar surface area (TPSA) is 98.7 Å². The molecule has 0 atom stereocenters. The summed E-state index contributed by atoms with van der Waals surface area (Å²) in [4.78, 5) is 38.2. The van der Waals surface area contributed by atoms with E-state index in [1.165, 1.54) is 11.0 Å². The number of nitrogens with zero attached hydrogens (tertiary/aromatic N) is 1. The predicted octanol–water partition coefficient (Wildman–Crippen LogP) is 1.35. The van der Waals surface area contributed by atoms with Crippen LogP contribution < -0.4 is 15.7 Å². The Bertz CT molecular complexity index is 668. The summed E-state index contributed by atoms with van der Waals surface area (Å²) in [5.41, 5.74) is 3.08. The van der Waals surface area contributed by atoms with Crippen molar-refractivity contribution in [2.75, 3.05) is 11.4 Å². The first kappa shape index (κ1) is 16.6. The van der Waals surface area contributed by atoms with Crippen LogP contribution in [0.25, 0.3) is 0 Å². The average molecular weight is 331 g/mol. The lowest BCUT2D eigenvalue weighted by Crippen LogP contribution is -2.44. The monoisotopic (exact) mass is 331 g/mol. The SMILES string of the molecule is O=C(NO)c1ccc2c(c1)CNCC(=O)N2C(=O)C1CCCCC1. The van der Waals surface area contributed by atoms with E-state index < -0.39 is 5.91 Å². The Morgan fingerprint density at radius 2 is 1.92 bits per heavy atom. The van der Waals surface area contributed by atoms with Crippen molar-refractivity contribution in [3.8, 4) is 0 Å². The lowest BCUT2D eigenvalue weighted by molar-refractivity contribution is -0.129. The minimum atomic E-state index is -0.626. The number of rotatable bonds is 2. The van der Waals surface area contributed by atoms with Gasteiger partial charge in [-0.05, 0) is 36.6 Å². The Morgan fingerprint density at radius 1 is 1.17 bits per heavy atom. The van der Waals surface area contributed by atoms with Crippen molar-refractivity contribution in [1.29, 1.82) is 0 Å². The molecule has 1 aromatic carbocycles. The molecule has 0 saturated heterocycles. The molecule has 0 bridgehead atoms. The molecular weight excluding hydrogens is 310 g/mol. The van der Waals surface area contributed by atoms with Gasteiger partial charge in [-0.25, -0.2) is 10.4 Å². The van der Waals surface area contributed by atoms with Gasteiger partial charge in [0.25, 0.3) is 5.91 Å². The predicted molar refractivity (Wildman–Crippen MR) is 86.5 cm³/mol. The van der Waals surface area contributed by atoms with Crippen LogP contribution in [-0.2, 0) is 16.1 Å². The Morgan fingerprint density at radius 3 is 2.62 bits per heavy atom. The second-order valence-corrected chi connectivity index (χ2v) is 6.29. The first-order valence-corrected chi connectivity index (χ1v) is 8.26. The number of nitrogens with one attached hydrogen (secondary N) is 2. The number of imide groups is 1. The zero-order valence-electron chi connectivity index (χ0n) is 13.4. The minimum Gasteiger partial charge on any atom is -0.304 e. The number of carbonyl (C=O) groups excluding carboxylic acids is 3. The van der Waals surface area contributed by atoms with Crippen LogP contribution >= 0.6 is 0 Å². The van der Waals surface area contributed by atoms with Gasteiger partial charge in [-0.2, -0.15) is 0 Å². The molecule has 0 unspecified atom stereocenters. The molecule has 128 valence electrons. The number of fused-ring (bicyclic) bond motifs is 1. The lowest BCUT2D eigenvalue weighted by atomic mass is 9.88. The summed E-state index contributed by atoms with van der Waals surface area (Å²) in [5, 5.41) is 11.8. The lowest BCUT2D eigenvalue weighted by Gasteiger charge is -2.28. The Balaban J connectivity index is 1.95. The van der Waals surface area contributed by atoms with Crippen molar-refractivity contribution in [2.24, 2.45) is 5.92 Å². The highest BCUT2D eigenvalue weighted by Gasteiger charge is 2.33. The molecule has 1 aliphatic carbocycles. The molecule has 24 heavy (non-hydrogen) atoms. The molecule has 1 heterocycles. The average Bonchev–Trinajstić information content (AvgIpc) is 2.78. The molecule has 0 radical (unpaired) electrons. The summed E-state index contributed by atoms with van der Waals surface area (Å²) in [7, 11) is 0. The van der Waals surface area contributed by atoms with Crippen molar-refractivity contribution >= 4 is 23.4 Å². The van der Waals surface area contributed by atoms with Crippen molar-refractivity contribution < 1.29 is 19.6 Å². The second-order valence-electron chi connectivity index (χ2n) is 6.29. The van der Waals surface area contributed by atoms with Gasteiger partial charge in [-0.15, -0.1) is 0 Å². The fraction of sp³-hybridized carbons (Fsp3) is 0.471. The van der Waals surface area contributed by atoms with Gasteiger partial charge in [-0.1, -0.05) is 19.3 Å². The quantitative estimate of drug-likeness (QED) is 0.432. The first-order valence-electron chi connectivity index (χ1n) is 8.26. The number of hydroxylamine groups is 1. The van der Waals surface area contributed by atoms with Gasteiger partial charge in [0.2, 0.25) is 11.8 Å². The van der Waals surface area contributed by atoms with Gasteiger partial charge in [0.1, 0.15) is 0 Å². The van der Waals surface area contributed by atoms with E-state index in [0.717, 1.165) is 32.1 Å². The van der Waals surface area contributed by atoms with E-state index >= 15 is 0 Å². The largest absolute Gasteiger partial charge is 0.304 e. The minimum absolute atomic E-state index is 0.0780. The Kier molecular flexibility index (Phi) is 4.92. The third-order valence-electron chi connectivity index (χ3n) is 4.70. The maximum atomic E-state index is 12.9. The summed E-state index contributed by atoms with van der Waals surface area (Å²) in [6, 6.07) is 4.70. The molecule has 3 N–H and O–H groups in total. The number of anilines is 1. The van der Waals surface area contributed by atoms with Gasteiger partial charge < -0.3 is 5.32 Å². The van der Waals surface area contributed by atoms with E-state index in [1.807, 2.05) is 0 Å². The highest BCUT2D eigenvalue weighted by atomic mass is 16.5. The van der Waals surface area contributed by atoms with Crippen molar-refractivity contribution in [2.45, 2.75) is 38.6 Å². The fourth-order valence-corrected chi connectivity index (χ4v) is 3.44. The van der Waals surface area contributed by atoms with E-state index in [9.17, 15) is 14.4 Å². The molecule has 2 aliphatic rings. The highest BCUT2D eigenvalue weighted by Crippen LogP contribution is 2.30. The first-order chi connectivity index (χ1) is 11.6. The summed E-state index contributed by atoms with van der Waals surface area (Å²) in [6.45, 7) is 0.455. The number of amides is 3. The Labute approximate surface area is 140 Å². The standard InChI is InChI=1S/C17H21N3O4/c21-15-10-18-9-13-8-12(16(22)19-24)6-7-14(13)20(15)17(23)11-4-2-1-3-5-11/h6-8,11,18,24H,1-5,9-10H2,(H,19,22). The third kappa shape index (κ3) is 3.18. The van der Waals surface area contributed by atoms with Gasteiger partial charge >= 0.3 is 0 Å². The maximum Gasteiger partial charge on any atom is 0.274 e. The Hall–Kier alpha value is -2.25. The van der Waals surface area contributed by atoms with E-state index in [4.69, 9.17) is 5.21 Å². The third-order valence-corrected chi connectivity index (χ3v) is 4.70. The fourth-order valence-electron chi connectivity index (χ4n) is 3.44. The molecule has 7 nitrogen and oxygen atoms in total. The molecule has 1 aliphatic heterocycles. The van der Waals surface area contributed by atoms with E-state index in [2.05, 4.69) is 5.32 Å². The molecule has 1 aromatic rings. The van der Waals surface area contributed by atoms with Crippen molar-refractivity contribution in [3.05, 3.63) is 29.3 Å². The smallest absolute Gasteiger partial charge is 0.274 e. The van der Waals surface area contributed by atoms with Gasteiger partial charge in [0.15, 0.2) is 0 Å². The van der Waals surface area contributed by atoms with Crippen LogP contribution in [-0.4, -0.2) is 29.5 Å². The van der Waals surface area contributed by atoms with Crippen molar-refractivity contribution in [1.82, 2.24) is 10.8 Å². The number of carbonyl (C=O) groups is 3. The number of hydrogen-bond acceptors (Lipinski definition) is 5. The summed E-state index contributed by atoms with van der Waals surface area (Å²) in [5.74, 6) is -1.17. The number of hydrogen-bond donors (Lipinski definition) is 3. The molecular formula is C17H21N3O4. The zero-order chi connectivity index (χ0) is 17.1. The number of benzene rings is 1. The maximum absolute atomic E-state index is 12.9. The van der Waals surface area contributed by atoms with Gasteiger partial charge in [0, 0.05) is 18.0 Å². The van der Waals surface area contributed by atoms with E-state index in [-0.39, 0.29) is 29.8 Å². The normalized spacial score (nSPS) is 18.7. The van der Waals surface area contributed by atoms with Crippen LogP contribution in [0.15, 0.2) is 18.2 Å². The van der Waals surface area contributed by atoms with E-state index in [0.29, 0.717) is 17.8 Å². The van der Waals surface area contributed by atoms with Gasteiger partial charge in [0.05, 0.1) is 12.2 Å². The second kappa shape index (κ2) is 7.11. The zero-order valence-corrected chi connectivity index (χ0v) is 13.4. The molecule has 7 heteroatoms. The summed E-state index contributed by atoms with van der Waals surface area (Å²) in [6.07, 6.45) is 4.79. The van der Waals surface area contributed by atoms with Crippen LogP contribution in [0.2, 0.25) is 0 Å². The van der Waals surface area contributed by atoms with Crippen LogP contribution in [0, 0.1) is 5.92 Å². The van der Waals surface area contributed by atoms with Crippen LogP contribution in [0.3, 0.4) is 0 Å². The highest BCUT2D eigenvalue weighted by molar-refractivity contribution is 6.17. The van der Waals surface area contributed by atoms with Crippen LogP contribution in [0.5, 0.6) is 0 Å². The molecule has 1 saturated carbocycles. The molecule has 3 amide bonds.